The maximum absolute atomic E-state index is 4.12. The van der Waals surface area contributed by atoms with Crippen LogP contribution in [0.1, 0.15) is 77.6 Å². The first-order valence-electron chi connectivity index (χ1n) is 11.8. The van der Waals surface area contributed by atoms with Crippen molar-refractivity contribution in [3.8, 4) is 0 Å². The van der Waals surface area contributed by atoms with Gasteiger partial charge in [-0.05, 0) is 90.0 Å². The Kier molecular flexibility index (Phi) is 6.74. The van der Waals surface area contributed by atoms with Crippen LogP contribution in [0.3, 0.4) is 0 Å². The summed E-state index contributed by atoms with van der Waals surface area (Å²) in [6, 6.07) is 0.718. The second kappa shape index (κ2) is 9.04. The SMILES string of the molecule is CC1CCC([Si](C2CCCCN2)(C2CCCCN2)C2CCCCN2)CN1. The highest BCUT2D eigenvalue weighted by molar-refractivity contribution is 6.85. The largest absolute Gasteiger partial charge is 0.316 e. The summed E-state index contributed by atoms with van der Waals surface area (Å²) < 4.78 is 0. The van der Waals surface area contributed by atoms with E-state index in [2.05, 4.69) is 28.2 Å². The van der Waals surface area contributed by atoms with E-state index in [1.807, 2.05) is 0 Å². The molecule has 4 saturated heterocycles. The van der Waals surface area contributed by atoms with Crippen LogP contribution in [0.2, 0.25) is 5.54 Å². The molecule has 4 aliphatic heterocycles. The molecule has 5 heteroatoms. The summed E-state index contributed by atoms with van der Waals surface area (Å²) in [7, 11) is -1.62. The second-order valence-corrected chi connectivity index (χ2v) is 14.5. The predicted octanol–water partition coefficient (Wildman–Crippen LogP) is 2.62. The summed E-state index contributed by atoms with van der Waals surface area (Å²) in [5.41, 5.74) is 3.40. The first-order valence-corrected chi connectivity index (χ1v) is 14.1. The lowest BCUT2D eigenvalue weighted by atomic mass is 10.1. The standard InChI is InChI=1S/C21H42N4Si/c1-17-11-12-18(16-25-17)26(19-8-2-5-13-22-19,20-9-3-6-14-23-20)21-10-4-7-15-24-21/h17-25H,2-16H2,1H3. The van der Waals surface area contributed by atoms with E-state index in [0.717, 1.165) is 28.6 Å². The Bertz CT molecular complexity index is 374. The van der Waals surface area contributed by atoms with Gasteiger partial charge in [0.2, 0.25) is 0 Å². The highest BCUT2D eigenvalue weighted by Gasteiger charge is 2.58. The Morgan fingerprint density at radius 3 is 1.42 bits per heavy atom. The van der Waals surface area contributed by atoms with Gasteiger partial charge in [-0.25, -0.2) is 0 Å². The van der Waals surface area contributed by atoms with Gasteiger partial charge in [-0.3, -0.25) is 0 Å². The quantitative estimate of drug-likeness (QED) is 0.568. The molecule has 26 heavy (non-hydrogen) atoms. The zero-order valence-corrected chi connectivity index (χ0v) is 18.0. The number of rotatable bonds is 4. The van der Waals surface area contributed by atoms with Crippen molar-refractivity contribution in [2.24, 2.45) is 0 Å². The molecule has 0 aromatic carbocycles. The van der Waals surface area contributed by atoms with Crippen LogP contribution in [-0.2, 0) is 0 Å². The molecule has 4 N–H and O–H groups in total. The molecule has 4 aliphatic rings. The molecule has 0 saturated carbocycles. The third-order valence-electron chi connectivity index (χ3n) is 8.11. The van der Waals surface area contributed by atoms with Crippen LogP contribution in [0.4, 0.5) is 0 Å². The minimum absolute atomic E-state index is 0.718. The molecular formula is C21H42N4Si. The minimum atomic E-state index is -1.62. The fraction of sp³-hybridized carbons (Fsp3) is 1.00. The second-order valence-electron chi connectivity index (χ2n) is 9.59. The minimum Gasteiger partial charge on any atom is -0.316 e. The topological polar surface area (TPSA) is 48.1 Å². The summed E-state index contributed by atoms with van der Waals surface area (Å²) in [6.45, 7) is 7.44. The van der Waals surface area contributed by atoms with E-state index in [0.29, 0.717) is 0 Å². The molecule has 0 aliphatic carbocycles. The number of hydrogen-bond donors (Lipinski definition) is 4. The lowest BCUT2D eigenvalue weighted by molar-refractivity contribution is 0.351. The molecular weight excluding hydrogens is 336 g/mol. The maximum atomic E-state index is 4.12. The first-order chi connectivity index (χ1) is 12.8. The van der Waals surface area contributed by atoms with Gasteiger partial charge >= 0.3 is 0 Å². The van der Waals surface area contributed by atoms with Crippen LogP contribution in [0.5, 0.6) is 0 Å². The summed E-state index contributed by atoms with van der Waals surface area (Å²) in [6.07, 6.45) is 15.7. The van der Waals surface area contributed by atoms with Gasteiger partial charge in [-0.2, -0.15) is 0 Å². The van der Waals surface area contributed by atoms with E-state index >= 15 is 0 Å². The Morgan fingerprint density at radius 2 is 1.08 bits per heavy atom. The van der Waals surface area contributed by atoms with E-state index in [4.69, 9.17) is 0 Å². The Labute approximate surface area is 162 Å². The third kappa shape index (κ3) is 3.79. The van der Waals surface area contributed by atoms with Crippen LogP contribution in [-0.4, -0.2) is 57.3 Å². The van der Waals surface area contributed by atoms with Gasteiger partial charge < -0.3 is 21.3 Å². The zero-order chi connectivity index (χ0) is 17.8. The third-order valence-corrected chi connectivity index (χ3v) is 15.1. The summed E-state index contributed by atoms with van der Waals surface area (Å²) in [4.78, 5) is 0. The molecule has 0 amide bonds. The lowest BCUT2D eigenvalue weighted by Gasteiger charge is -2.58. The zero-order valence-electron chi connectivity index (χ0n) is 17.0. The number of nitrogens with one attached hydrogen (secondary N) is 4. The van der Waals surface area contributed by atoms with Crippen molar-refractivity contribution in [3.63, 3.8) is 0 Å². The molecule has 5 unspecified atom stereocenters. The van der Waals surface area contributed by atoms with Gasteiger partial charge in [0.15, 0.2) is 0 Å². The highest BCUT2D eigenvalue weighted by atomic mass is 28.3. The van der Waals surface area contributed by atoms with E-state index in [-0.39, 0.29) is 0 Å². The smallest absolute Gasteiger partial charge is 0.113 e. The Hall–Kier alpha value is 0.0569. The molecule has 0 bridgehead atoms. The normalized spacial score (nSPS) is 42.1. The Morgan fingerprint density at radius 1 is 0.577 bits per heavy atom. The monoisotopic (exact) mass is 378 g/mol. The van der Waals surface area contributed by atoms with Crippen LogP contribution in [0, 0.1) is 0 Å². The van der Waals surface area contributed by atoms with Gasteiger partial charge in [0.05, 0.1) is 0 Å². The van der Waals surface area contributed by atoms with E-state index in [9.17, 15) is 0 Å². The molecule has 4 rings (SSSR count). The van der Waals surface area contributed by atoms with Crippen LogP contribution in [0.15, 0.2) is 0 Å². The van der Waals surface area contributed by atoms with E-state index in [1.165, 1.54) is 96.8 Å². The molecule has 5 atom stereocenters. The fourth-order valence-electron chi connectivity index (χ4n) is 6.84. The van der Waals surface area contributed by atoms with Crippen molar-refractivity contribution in [2.75, 3.05) is 26.2 Å². The number of piperidine rings is 4. The van der Waals surface area contributed by atoms with Crippen molar-refractivity contribution in [2.45, 2.75) is 106 Å². The molecule has 0 aromatic rings. The van der Waals surface area contributed by atoms with Gasteiger partial charge in [-0.15, -0.1) is 0 Å². The average molecular weight is 379 g/mol. The van der Waals surface area contributed by atoms with Crippen LogP contribution >= 0.6 is 0 Å². The summed E-state index contributed by atoms with van der Waals surface area (Å²) in [5, 5.41) is 16.3. The Balaban J connectivity index is 1.69. The van der Waals surface area contributed by atoms with E-state index in [1.54, 1.807) is 0 Å². The van der Waals surface area contributed by atoms with Gasteiger partial charge in [0.25, 0.3) is 0 Å². The lowest BCUT2D eigenvalue weighted by Crippen LogP contribution is -2.79. The molecule has 0 radical (unpaired) electrons. The van der Waals surface area contributed by atoms with E-state index < -0.39 is 8.07 Å². The van der Waals surface area contributed by atoms with Crippen LogP contribution < -0.4 is 21.3 Å². The molecule has 4 heterocycles. The van der Waals surface area contributed by atoms with Crippen molar-refractivity contribution in [1.82, 2.24) is 21.3 Å². The molecule has 0 aromatic heterocycles. The highest BCUT2D eigenvalue weighted by Crippen LogP contribution is 2.43. The average Bonchev–Trinajstić information content (AvgIpc) is 2.72. The maximum Gasteiger partial charge on any atom is 0.113 e. The fourth-order valence-corrected chi connectivity index (χ4v) is 14.8. The molecule has 150 valence electrons. The van der Waals surface area contributed by atoms with Gasteiger partial charge in [0.1, 0.15) is 8.07 Å². The first kappa shape index (κ1) is 19.4. The summed E-state index contributed by atoms with van der Waals surface area (Å²) in [5.74, 6) is 0. The van der Waals surface area contributed by atoms with Gasteiger partial charge in [-0.1, -0.05) is 19.3 Å². The molecule has 4 fully saturated rings. The number of hydrogen-bond acceptors (Lipinski definition) is 4. The van der Waals surface area contributed by atoms with Gasteiger partial charge in [0, 0.05) is 23.0 Å². The van der Waals surface area contributed by atoms with Crippen LogP contribution in [0.25, 0.3) is 0 Å². The van der Waals surface area contributed by atoms with Crippen molar-refractivity contribution >= 4 is 8.07 Å². The molecule has 0 spiro atoms. The predicted molar refractivity (Wildman–Crippen MR) is 113 cm³/mol. The summed E-state index contributed by atoms with van der Waals surface area (Å²) >= 11 is 0. The van der Waals surface area contributed by atoms with Crippen molar-refractivity contribution in [1.29, 1.82) is 0 Å². The van der Waals surface area contributed by atoms with Crippen molar-refractivity contribution in [3.05, 3.63) is 0 Å². The van der Waals surface area contributed by atoms with Crippen molar-refractivity contribution < 1.29 is 0 Å². The molecule has 4 nitrogen and oxygen atoms in total.